The van der Waals surface area contributed by atoms with Crippen LogP contribution in [-0.2, 0) is 13.6 Å². The van der Waals surface area contributed by atoms with Gasteiger partial charge < -0.3 is 9.64 Å². The van der Waals surface area contributed by atoms with E-state index in [-0.39, 0.29) is 23.9 Å². The van der Waals surface area contributed by atoms with Crippen LogP contribution in [0.2, 0.25) is 0 Å². The molecule has 2 unspecified atom stereocenters. The van der Waals surface area contributed by atoms with Crippen LogP contribution in [0, 0.1) is 5.82 Å². The van der Waals surface area contributed by atoms with Crippen LogP contribution in [0.5, 0.6) is 5.75 Å². The van der Waals surface area contributed by atoms with Gasteiger partial charge in [-0.05, 0) is 35.4 Å². The third-order valence-corrected chi connectivity index (χ3v) is 5.95. The summed E-state index contributed by atoms with van der Waals surface area (Å²) in [6, 6.07) is 12.3. The van der Waals surface area contributed by atoms with Crippen LogP contribution < -0.4 is 4.74 Å². The van der Waals surface area contributed by atoms with E-state index in [9.17, 15) is 9.18 Å². The molecule has 2 aliphatic rings. The van der Waals surface area contributed by atoms with Gasteiger partial charge in [-0.15, -0.1) is 0 Å². The van der Waals surface area contributed by atoms with Gasteiger partial charge in [0, 0.05) is 45.5 Å². The highest BCUT2D eigenvalue weighted by Gasteiger charge is 2.42. The predicted octanol–water partition coefficient (Wildman–Crippen LogP) is 2.94. The molecule has 0 spiro atoms. The van der Waals surface area contributed by atoms with Crippen molar-refractivity contribution in [2.45, 2.75) is 18.7 Å². The van der Waals surface area contributed by atoms with Gasteiger partial charge in [0.05, 0.1) is 17.8 Å². The fourth-order valence-electron chi connectivity index (χ4n) is 4.39. The van der Waals surface area contributed by atoms with Gasteiger partial charge in [-0.3, -0.25) is 14.4 Å². The van der Waals surface area contributed by atoms with E-state index in [1.54, 1.807) is 27.9 Å². The average Bonchev–Trinajstić information content (AvgIpc) is 3.31. The summed E-state index contributed by atoms with van der Waals surface area (Å²) in [6.45, 7) is 1.99. The lowest BCUT2D eigenvalue weighted by Gasteiger charge is -2.25. The number of amides is 1. The molecule has 1 saturated heterocycles. The van der Waals surface area contributed by atoms with Crippen molar-refractivity contribution in [3.05, 3.63) is 71.8 Å². The summed E-state index contributed by atoms with van der Waals surface area (Å²) in [7, 11) is 3.71. The number of benzene rings is 2. The SMILES string of the molecule is CN1C(=O)c2ccc(-c3cnn(C)c3)cc2OC2CN(Cc3cccc(F)c3)CC21. The summed E-state index contributed by atoms with van der Waals surface area (Å²) in [4.78, 5) is 17.1. The zero-order valence-corrected chi connectivity index (χ0v) is 17.0. The number of fused-ring (bicyclic) bond motifs is 2. The molecule has 30 heavy (non-hydrogen) atoms. The molecule has 0 aliphatic carbocycles. The minimum Gasteiger partial charge on any atom is -0.486 e. The number of ether oxygens (including phenoxy) is 1. The minimum absolute atomic E-state index is 0.0390. The molecule has 154 valence electrons. The summed E-state index contributed by atoms with van der Waals surface area (Å²) in [5.41, 5.74) is 3.44. The van der Waals surface area contributed by atoms with Crippen LogP contribution >= 0.6 is 0 Å². The van der Waals surface area contributed by atoms with Crippen molar-refractivity contribution >= 4 is 5.91 Å². The molecule has 3 heterocycles. The highest BCUT2D eigenvalue weighted by Crippen LogP contribution is 2.34. The summed E-state index contributed by atoms with van der Waals surface area (Å²) >= 11 is 0. The third-order valence-electron chi connectivity index (χ3n) is 5.95. The molecule has 2 aliphatic heterocycles. The molecule has 0 radical (unpaired) electrons. The molecule has 0 saturated carbocycles. The monoisotopic (exact) mass is 406 g/mol. The molecule has 0 bridgehead atoms. The van der Waals surface area contributed by atoms with Gasteiger partial charge >= 0.3 is 0 Å². The number of likely N-dealkylation sites (N-methyl/N-ethyl adjacent to an activating group) is 1. The molecule has 7 heteroatoms. The van der Waals surface area contributed by atoms with Gasteiger partial charge in [-0.25, -0.2) is 4.39 Å². The first-order valence-electron chi connectivity index (χ1n) is 10.0. The van der Waals surface area contributed by atoms with E-state index in [2.05, 4.69) is 10.00 Å². The lowest BCUT2D eigenvalue weighted by molar-refractivity contribution is 0.0682. The molecule has 1 aromatic heterocycles. The standard InChI is InChI=1S/C23H23FN4O2/c1-26-12-17(10-25-26)16-6-7-19-21(9-16)30-22-14-28(13-20(22)27(2)23(19)29)11-15-4-3-5-18(24)8-15/h3-10,12,20,22H,11,13-14H2,1-2H3. The third kappa shape index (κ3) is 3.35. The Balaban J connectivity index is 1.41. The largest absolute Gasteiger partial charge is 0.486 e. The fourth-order valence-corrected chi connectivity index (χ4v) is 4.39. The van der Waals surface area contributed by atoms with Gasteiger partial charge in [-0.1, -0.05) is 18.2 Å². The van der Waals surface area contributed by atoms with Crippen LogP contribution in [-0.4, -0.2) is 57.8 Å². The van der Waals surface area contributed by atoms with Crippen LogP contribution in [0.15, 0.2) is 54.9 Å². The van der Waals surface area contributed by atoms with Gasteiger partial charge in [0.15, 0.2) is 0 Å². The number of rotatable bonds is 3. The highest BCUT2D eigenvalue weighted by molar-refractivity contribution is 5.98. The molecular weight excluding hydrogens is 383 g/mol. The first-order valence-corrected chi connectivity index (χ1v) is 10.0. The van der Waals surface area contributed by atoms with Crippen molar-refractivity contribution < 1.29 is 13.9 Å². The number of hydrogen-bond donors (Lipinski definition) is 0. The van der Waals surface area contributed by atoms with E-state index in [0.717, 1.165) is 16.7 Å². The molecule has 0 N–H and O–H groups in total. The maximum Gasteiger partial charge on any atom is 0.257 e. The van der Waals surface area contributed by atoms with E-state index >= 15 is 0 Å². The Morgan fingerprint density at radius 1 is 1.13 bits per heavy atom. The number of hydrogen-bond acceptors (Lipinski definition) is 4. The molecule has 1 fully saturated rings. The summed E-state index contributed by atoms with van der Waals surface area (Å²) in [6.07, 6.45) is 3.59. The number of aromatic nitrogens is 2. The number of nitrogens with zero attached hydrogens (tertiary/aromatic N) is 4. The van der Waals surface area contributed by atoms with Crippen molar-refractivity contribution in [1.29, 1.82) is 0 Å². The second-order valence-corrected chi connectivity index (χ2v) is 8.08. The molecule has 6 nitrogen and oxygen atoms in total. The summed E-state index contributed by atoms with van der Waals surface area (Å²) in [5.74, 6) is 0.331. The van der Waals surface area contributed by atoms with E-state index in [1.807, 2.05) is 44.6 Å². The first kappa shape index (κ1) is 18.8. The quantitative estimate of drug-likeness (QED) is 0.671. The van der Waals surface area contributed by atoms with Crippen LogP contribution in [0.3, 0.4) is 0 Å². The number of carbonyl (C=O) groups excluding carboxylic acids is 1. The maximum atomic E-state index is 13.5. The molecular formula is C23H23FN4O2. The molecule has 2 atom stereocenters. The summed E-state index contributed by atoms with van der Waals surface area (Å²) in [5, 5.41) is 4.23. The van der Waals surface area contributed by atoms with Crippen molar-refractivity contribution in [3.63, 3.8) is 0 Å². The Kier molecular flexibility index (Phi) is 4.55. The molecule has 5 rings (SSSR count). The lowest BCUT2D eigenvalue weighted by Crippen LogP contribution is -2.44. The second kappa shape index (κ2) is 7.25. The van der Waals surface area contributed by atoms with Crippen molar-refractivity contribution in [2.24, 2.45) is 7.05 Å². The Hall–Kier alpha value is -3.19. The molecule has 3 aromatic rings. The van der Waals surface area contributed by atoms with Gasteiger partial charge in [0.2, 0.25) is 0 Å². The Bertz CT molecular complexity index is 1110. The normalized spacial score (nSPS) is 21.2. The van der Waals surface area contributed by atoms with Crippen molar-refractivity contribution in [2.75, 3.05) is 20.1 Å². The number of carbonyl (C=O) groups is 1. The van der Waals surface area contributed by atoms with E-state index < -0.39 is 0 Å². The number of likely N-dealkylation sites (tertiary alicyclic amines) is 1. The first-order chi connectivity index (χ1) is 14.5. The average molecular weight is 406 g/mol. The van der Waals surface area contributed by atoms with Crippen molar-refractivity contribution in [3.8, 4) is 16.9 Å². The Labute approximate surface area is 174 Å². The van der Waals surface area contributed by atoms with E-state index in [4.69, 9.17) is 4.74 Å². The Morgan fingerprint density at radius 3 is 2.77 bits per heavy atom. The van der Waals surface area contributed by atoms with Crippen LogP contribution in [0.25, 0.3) is 11.1 Å². The van der Waals surface area contributed by atoms with Gasteiger partial charge in [0.1, 0.15) is 17.7 Å². The fraction of sp³-hybridized carbons (Fsp3) is 0.304. The zero-order chi connectivity index (χ0) is 20.8. The van der Waals surface area contributed by atoms with E-state index in [1.165, 1.54) is 6.07 Å². The zero-order valence-electron chi connectivity index (χ0n) is 17.0. The smallest absolute Gasteiger partial charge is 0.257 e. The van der Waals surface area contributed by atoms with Crippen LogP contribution in [0.4, 0.5) is 4.39 Å². The van der Waals surface area contributed by atoms with Gasteiger partial charge in [0.25, 0.3) is 5.91 Å². The topological polar surface area (TPSA) is 50.6 Å². The molecule has 2 aromatic carbocycles. The number of aryl methyl sites for hydroxylation is 1. The lowest BCUT2D eigenvalue weighted by atomic mass is 10.1. The maximum absolute atomic E-state index is 13.5. The summed E-state index contributed by atoms with van der Waals surface area (Å²) < 4.78 is 21.7. The minimum atomic E-state index is -0.235. The molecule has 1 amide bonds. The Morgan fingerprint density at radius 2 is 2.00 bits per heavy atom. The van der Waals surface area contributed by atoms with Crippen molar-refractivity contribution in [1.82, 2.24) is 19.6 Å². The van der Waals surface area contributed by atoms with Gasteiger partial charge in [-0.2, -0.15) is 5.10 Å². The number of halogens is 1. The van der Waals surface area contributed by atoms with E-state index in [0.29, 0.717) is 30.9 Å². The van der Waals surface area contributed by atoms with Crippen LogP contribution in [0.1, 0.15) is 15.9 Å². The predicted molar refractivity (Wildman–Crippen MR) is 111 cm³/mol. The second-order valence-electron chi connectivity index (χ2n) is 8.08. The highest BCUT2D eigenvalue weighted by atomic mass is 19.1.